The van der Waals surface area contributed by atoms with Crippen LogP contribution in [0.2, 0.25) is 0 Å². The number of thiazole rings is 1. The molecule has 1 amide bonds. The van der Waals surface area contributed by atoms with Crippen LogP contribution in [0.5, 0.6) is 0 Å². The second-order valence-electron chi connectivity index (χ2n) is 9.07. The molecule has 0 unspecified atom stereocenters. The van der Waals surface area contributed by atoms with Gasteiger partial charge in [0.25, 0.3) is 0 Å². The summed E-state index contributed by atoms with van der Waals surface area (Å²) in [6.07, 6.45) is 2.03. The molecule has 3 aromatic rings. The van der Waals surface area contributed by atoms with E-state index in [1.807, 2.05) is 54.2 Å². The molecule has 190 valence electrons. The first kappa shape index (κ1) is 25.7. The fourth-order valence-corrected chi connectivity index (χ4v) is 5.25. The van der Waals surface area contributed by atoms with E-state index in [9.17, 15) is 18.4 Å². The number of hydrogen-bond acceptors (Lipinski definition) is 7. The van der Waals surface area contributed by atoms with Crippen LogP contribution in [0.25, 0.3) is 0 Å². The third-order valence-electron chi connectivity index (χ3n) is 6.36. The highest BCUT2D eigenvalue weighted by molar-refractivity contribution is 7.18. The summed E-state index contributed by atoms with van der Waals surface area (Å²) in [6, 6.07) is 13.0. The predicted molar refractivity (Wildman–Crippen MR) is 137 cm³/mol. The largest absolute Gasteiger partial charge is 0.382 e. The minimum Gasteiger partial charge on any atom is -0.382 e. The zero-order valence-corrected chi connectivity index (χ0v) is 21.0. The molecule has 0 aliphatic carbocycles. The maximum atomic E-state index is 14.1. The Morgan fingerprint density at radius 1 is 1.11 bits per heavy atom. The van der Waals surface area contributed by atoms with Crippen LogP contribution < -0.4 is 11.1 Å². The van der Waals surface area contributed by atoms with Crippen LogP contribution in [0.1, 0.15) is 33.6 Å². The van der Waals surface area contributed by atoms with Crippen molar-refractivity contribution in [2.45, 2.75) is 31.3 Å². The summed E-state index contributed by atoms with van der Waals surface area (Å²) < 4.78 is 28.1. The van der Waals surface area contributed by atoms with Crippen LogP contribution in [-0.2, 0) is 11.2 Å². The van der Waals surface area contributed by atoms with E-state index in [1.54, 1.807) is 0 Å². The lowest BCUT2D eigenvalue weighted by molar-refractivity contribution is -0.137. The third-order valence-corrected chi connectivity index (χ3v) is 7.37. The Morgan fingerprint density at radius 3 is 2.36 bits per heavy atom. The monoisotopic (exact) mass is 513 g/mol. The zero-order valence-electron chi connectivity index (χ0n) is 20.2. The average molecular weight is 514 g/mol. The highest BCUT2D eigenvalue weighted by Crippen LogP contribution is 2.30. The maximum Gasteiger partial charge on any atom is 0.240 e. The van der Waals surface area contributed by atoms with Crippen molar-refractivity contribution in [3.8, 4) is 0 Å². The van der Waals surface area contributed by atoms with E-state index in [0.717, 1.165) is 29.0 Å². The van der Waals surface area contributed by atoms with E-state index in [0.29, 0.717) is 37.5 Å². The molecule has 2 aromatic carbocycles. The number of rotatable bonds is 8. The van der Waals surface area contributed by atoms with E-state index in [4.69, 9.17) is 5.73 Å². The van der Waals surface area contributed by atoms with Gasteiger partial charge in [-0.1, -0.05) is 47.7 Å². The number of hydrogen-bond donors (Lipinski definition) is 2. The molecule has 1 aromatic heterocycles. The van der Waals surface area contributed by atoms with Gasteiger partial charge in [0.2, 0.25) is 11.7 Å². The zero-order chi connectivity index (χ0) is 25.8. The Bertz CT molecular complexity index is 1210. The summed E-state index contributed by atoms with van der Waals surface area (Å²) in [4.78, 5) is 34.0. The predicted octanol–water partition coefficient (Wildman–Crippen LogP) is 3.81. The van der Waals surface area contributed by atoms with Gasteiger partial charge in [-0.2, -0.15) is 0 Å². The molecule has 3 N–H and O–H groups in total. The molecule has 1 atom stereocenters. The maximum absolute atomic E-state index is 14.1. The van der Waals surface area contributed by atoms with Gasteiger partial charge in [-0.25, -0.2) is 13.8 Å². The molecule has 10 heteroatoms. The number of nitrogens with one attached hydrogen (secondary N) is 1. The second-order valence-corrected chi connectivity index (χ2v) is 10.1. The average Bonchev–Trinajstić information content (AvgIpc) is 3.22. The van der Waals surface area contributed by atoms with Gasteiger partial charge in [0.1, 0.15) is 22.3 Å². The van der Waals surface area contributed by atoms with Crippen molar-refractivity contribution in [2.24, 2.45) is 0 Å². The quantitative estimate of drug-likeness (QED) is 0.445. The first-order chi connectivity index (χ1) is 17.2. The SMILES string of the molecule is CN(C)[C@@H](Cc1ccccc1)C(=O)N1CCC(Nc2nc(N)c(C(=O)c3c(F)cccc3F)s2)CC1. The van der Waals surface area contributed by atoms with Crippen molar-refractivity contribution in [1.82, 2.24) is 14.8 Å². The highest BCUT2D eigenvalue weighted by atomic mass is 32.1. The number of likely N-dealkylation sites (tertiary alicyclic amines) is 1. The van der Waals surface area contributed by atoms with E-state index in [1.165, 1.54) is 6.07 Å². The topological polar surface area (TPSA) is 91.6 Å². The Labute approximate surface area is 212 Å². The number of amides is 1. The van der Waals surface area contributed by atoms with E-state index < -0.39 is 23.0 Å². The molecule has 0 radical (unpaired) electrons. The Kier molecular flexibility index (Phi) is 7.95. The molecule has 0 spiro atoms. The number of nitrogens with two attached hydrogens (primary N) is 1. The number of anilines is 2. The Balaban J connectivity index is 1.37. The molecular weight excluding hydrogens is 484 g/mol. The van der Waals surface area contributed by atoms with Crippen molar-refractivity contribution in [2.75, 3.05) is 38.2 Å². The standard InChI is InChI=1S/C26H29F2N5O2S/c1-32(2)20(15-16-7-4-3-5-8-16)25(35)33-13-11-17(12-14-33)30-26-31-24(29)23(36-26)22(34)21-18(27)9-6-10-19(21)28/h3-10,17,20H,11-15,29H2,1-2H3,(H,30,31)/t20-/m0/s1. The molecule has 1 aliphatic heterocycles. The van der Waals surface area contributed by atoms with Crippen molar-refractivity contribution in [1.29, 1.82) is 0 Å². The molecule has 2 heterocycles. The van der Waals surface area contributed by atoms with Crippen molar-refractivity contribution >= 4 is 34.0 Å². The summed E-state index contributed by atoms with van der Waals surface area (Å²) in [6.45, 7) is 1.17. The summed E-state index contributed by atoms with van der Waals surface area (Å²) in [5, 5.41) is 3.68. The number of nitrogen functional groups attached to an aromatic ring is 1. The molecule has 0 saturated carbocycles. The fourth-order valence-electron chi connectivity index (χ4n) is 4.34. The van der Waals surface area contributed by atoms with Gasteiger partial charge in [-0.05, 0) is 51.1 Å². The van der Waals surface area contributed by atoms with Crippen molar-refractivity contribution < 1.29 is 18.4 Å². The van der Waals surface area contributed by atoms with E-state index >= 15 is 0 Å². The van der Waals surface area contributed by atoms with Gasteiger partial charge in [0, 0.05) is 19.1 Å². The summed E-state index contributed by atoms with van der Waals surface area (Å²) >= 11 is 0.973. The van der Waals surface area contributed by atoms with E-state index in [-0.39, 0.29) is 28.7 Å². The van der Waals surface area contributed by atoms with E-state index in [2.05, 4.69) is 10.3 Å². The lowest BCUT2D eigenvalue weighted by Crippen LogP contribution is -2.51. The van der Waals surface area contributed by atoms with Gasteiger partial charge < -0.3 is 16.0 Å². The third kappa shape index (κ3) is 5.71. The van der Waals surface area contributed by atoms with Crippen molar-refractivity contribution in [3.05, 3.63) is 76.2 Å². The molecular formula is C26H29F2N5O2S. The molecule has 1 fully saturated rings. The molecule has 1 saturated heterocycles. The van der Waals surface area contributed by atoms with Crippen LogP contribution in [0.4, 0.5) is 19.7 Å². The van der Waals surface area contributed by atoms with Gasteiger partial charge in [0.05, 0.1) is 11.6 Å². The molecule has 1 aliphatic rings. The van der Waals surface area contributed by atoms with Crippen LogP contribution in [0.3, 0.4) is 0 Å². The van der Waals surface area contributed by atoms with Crippen LogP contribution in [-0.4, -0.2) is 65.7 Å². The lowest BCUT2D eigenvalue weighted by atomic mass is 10.0. The second kappa shape index (κ2) is 11.1. The van der Waals surface area contributed by atoms with Crippen LogP contribution >= 0.6 is 11.3 Å². The fraction of sp³-hybridized carbons (Fsp3) is 0.346. The molecule has 4 rings (SSSR count). The molecule has 0 bridgehead atoms. The first-order valence-electron chi connectivity index (χ1n) is 11.7. The number of piperidine rings is 1. The van der Waals surface area contributed by atoms with Crippen LogP contribution in [0.15, 0.2) is 48.5 Å². The minimum atomic E-state index is -0.942. The molecule has 36 heavy (non-hydrogen) atoms. The highest BCUT2D eigenvalue weighted by Gasteiger charge is 2.30. The lowest BCUT2D eigenvalue weighted by Gasteiger charge is -2.36. The van der Waals surface area contributed by atoms with Gasteiger partial charge in [-0.3, -0.25) is 14.5 Å². The Morgan fingerprint density at radius 2 is 1.75 bits per heavy atom. The van der Waals surface area contributed by atoms with Gasteiger partial charge in [-0.15, -0.1) is 0 Å². The van der Waals surface area contributed by atoms with Gasteiger partial charge in [0.15, 0.2) is 5.13 Å². The summed E-state index contributed by atoms with van der Waals surface area (Å²) in [5.41, 5.74) is 6.38. The number of carbonyl (C=O) groups is 2. The van der Waals surface area contributed by atoms with Gasteiger partial charge >= 0.3 is 0 Å². The minimum absolute atomic E-state index is 0.0103. The smallest absolute Gasteiger partial charge is 0.240 e. The number of carbonyl (C=O) groups excluding carboxylic acids is 2. The number of likely N-dealkylation sites (N-methyl/N-ethyl adjacent to an activating group) is 1. The number of benzene rings is 2. The summed E-state index contributed by atoms with van der Waals surface area (Å²) in [5.74, 6) is -2.69. The number of ketones is 1. The first-order valence-corrected chi connectivity index (χ1v) is 12.6. The number of aromatic nitrogens is 1. The van der Waals surface area contributed by atoms with Crippen molar-refractivity contribution in [3.63, 3.8) is 0 Å². The normalized spacial score (nSPS) is 15.2. The summed E-state index contributed by atoms with van der Waals surface area (Å²) in [7, 11) is 3.83. The Hall–Kier alpha value is -3.37. The number of nitrogens with zero attached hydrogens (tertiary/aromatic N) is 3. The van der Waals surface area contributed by atoms with Crippen LogP contribution in [0, 0.1) is 11.6 Å². The number of halogens is 2. The molecule has 7 nitrogen and oxygen atoms in total.